The van der Waals surface area contributed by atoms with Crippen LogP contribution < -0.4 is 5.32 Å². The molecular formula is C10H15NO. The van der Waals surface area contributed by atoms with Crippen molar-refractivity contribution < 1.29 is 4.79 Å². The molecule has 1 saturated heterocycles. The smallest absolute Gasteiger partial charge is 0.226 e. The lowest BCUT2D eigenvalue weighted by molar-refractivity contribution is -0.130. The maximum Gasteiger partial charge on any atom is 0.226 e. The summed E-state index contributed by atoms with van der Waals surface area (Å²) in [5, 5.41) is 3.02. The van der Waals surface area contributed by atoms with E-state index in [1.54, 1.807) is 0 Å². The Kier molecular flexibility index (Phi) is 1.07. The minimum absolute atomic E-state index is 0.0307. The summed E-state index contributed by atoms with van der Waals surface area (Å²) in [4.78, 5) is 11.7. The molecule has 0 unspecified atom stereocenters. The predicted molar refractivity (Wildman–Crippen MR) is 45.4 cm³/mol. The first kappa shape index (κ1) is 6.93. The average Bonchev–Trinajstić information content (AvgIpc) is 2.65. The Morgan fingerprint density at radius 1 is 1.50 bits per heavy atom. The van der Waals surface area contributed by atoms with Gasteiger partial charge in [0.2, 0.25) is 5.91 Å². The van der Waals surface area contributed by atoms with Gasteiger partial charge >= 0.3 is 0 Å². The molecule has 0 spiro atoms. The third kappa shape index (κ3) is 0.540. The number of rotatable bonds is 0. The number of carbonyl (C=O) groups excluding carboxylic acids is 1. The number of carbonyl (C=O) groups is 1. The van der Waals surface area contributed by atoms with Crippen molar-refractivity contribution in [2.45, 2.75) is 26.2 Å². The van der Waals surface area contributed by atoms with E-state index in [0.717, 1.165) is 12.5 Å². The second-order valence-corrected chi connectivity index (χ2v) is 4.87. The fourth-order valence-electron chi connectivity index (χ4n) is 3.84. The van der Waals surface area contributed by atoms with Gasteiger partial charge in [-0.2, -0.15) is 0 Å². The van der Waals surface area contributed by atoms with E-state index in [-0.39, 0.29) is 5.41 Å². The van der Waals surface area contributed by atoms with Gasteiger partial charge in [0.15, 0.2) is 0 Å². The molecule has 4 atom stereocenters. The molecule has 1 heterocycles. The van der Waals surface area contributed by atoms with Gasteiger partial charge in [0.05, 0.1) is 5.41 Å². The van der Waals surface area contributed by atoms with Gasteiger partial charge < -0.3 is 5.32 Å². The zero-order chi connectivity index (χ0) is 8.34. The van der Waals surface area contributed by atoms with E-state index in [9.17, 15) is 4.79 Å². The number of hydrogen-bond acceptors (Lipinski definition) is 1. The van der Waals surface area contributed by atoms with Gasteiger partial charge in [-0.15, -0.1) is 0 Å². The summed E-state index contributed by atoms with van der Waals surface area (Å²) in [5.41, 5.74) is 0.0307. The van der Waals surface area contributed by atoms with Gasteiger partial charge in [0, 0.05) is 6.54 Å². The van der Waals surface area contributed by atoms with Crippen LogP contribution in [0.2, 0.25) is 0 Å². The summed E-state index contributed by atoms with van der Waals surface area (Å²) in [6.45, 7) is 3.14. The van der Waals surface area contributed by atoms with Crippen LogP contribution in [-0.2, 0) is 4.79 Å². The van der Waals surface area contributed by atoms with Crippen LogP contribution in [0.25, 0.3) is 0 Å². The summed E-state index contributed by atoms with van der Waals surface area (Å²) in [5.74, 6) is 2.57. The predicted octanol–water partition coefficient (Wildman–Crippen LogP) is 1.17. The first-order valence-corrected chi connectivity index (χ1v) is 5.01. The molecule has 2 bridgehead atoms. The lowest BCUT2D eigenvalue weighted by Gasteiger charge is -2.32. The molecular weight excluding hydrogens is 150 g/mol. The molecule has 0 aromatic carbocycles. The normalized spacial score (nSPS) is 55.8. The summed E-state index contributed by atoms with van der Waals surface area (Å²) in [7, 11) is 0. The van der Waals surface area contributed by atoms with E-state index in [0.29, 0.717) is 17.7 Å². The Morgan fingerprint density at radius 3 is 3.08 bits per heavy atom. The minimum Gasteiger partial charge on any atom is -0.355 e. The minimum atomic E-state index is 0.0307. The first-order chi connectivity index (χ1) is 5.73. The molecule has 3 fully saturated rings. The molecule has 2 heteroatoms. The van der Waals surface area contributed by atoms with E-state index in [1.807, 2.05) is 0 Å². The van der Waals surface area contributed by atoms with Crippen LogP contribution in [0.1, 0.15) is 26.2 Å². The lowest BCUT2D eigenvalue weighted by Crippen LogP contribution is -2.36. The van der Waals surface area contributed by atoms with E-state index in [4.69, 9.17) is 0 Å². The standard InChI is InChI=1S/C10H15NO/c1-10-7-3-2-6(4-7)8(10)5-11-9(10)12/h6-8H,2-5H2,1H3,(H,11,12)/t6-,7+,8+,10+/m1/s1. The van der Waals surface area contributed by atoms with Crippen molar-refractivity contribution in [1.82, 2.24) is 5.32 Å². The Labute approximate surface area is 72.7 Å². The maximum absolute atomic E-state index is 11.7. The van der Waals surface area contributed by atoms with Gasteiger partial charge in [0.25, 0.3) is 0 Å². The lowest BCUT2D eigenvalue weighted by atomic mass is 9.69. The second kappa shape index (κ2) is 1.86. The zero-order valence-electron chi connectivity index (χ0n) is 7.47. The van der Waals surface area contributed by atoms with E-state index in [1.165, 1.54) is 19.3 Å². The SMILES string of the molecule is C[C@@]12C(=O)NC[C@H]1[C@@H]1CC[C@H]2C1. The molecule has 12 heavy (non-hydrogen) atoms. The van der Waals surface area contributed by atoms with Crippen LogP contribution in [-0.4, -0.2) is 12.5 Å². The molecule has 3 aliphatic rings. The first-order valence-electron chi connectivity index (χ1n) is 5.01. The molecule has 1 N–H and O–H groups in total. The molecule has 0 aromatic rings. The van der Waals surface area contributed by atoms with Crippen molar-refractivity contribution in [2.75, 3.05) is 6.54 Å². The van der Waals surface area contributed by atoms with Crippen molar-refractivity contribution in [2.24, 2.45) is 23.2 Å². The van der Waals surface area contributed by atoms with Crippen LogP contribution in [0, 0.1) is 23.2 Å². The Bertz CT molecular complexity index is 250. The van der Waals surface area contributed by atoms with Crippen LogP contribution in [0.3, 0.4) is 0 Å². The molecule has 1 amide bonds. The van der Waals surface area contributed by atoms with Crippen molar-refractivity contribution in [3.63, 3.8) is 0 Å². The highest BCUT2D eigenvalue weighted by Gasteiger charge is 2.61. The average molecular weight is 165 g/mol. The van der Waals surface area contributed by atoms with Crippen LogP contribution in [0.15, 0.2) is 0 Å². The molecule has 0 aromatic heterocycles. The topological polar surface area (TPSA) is 29.1 Å². The molecule has 2 saturated carbocycles. The Morgan fingerprint density at radius 2 is 2.33 bits per heavy atom. The van der Waals surface area contributed by atoms with Crippen molar-refractivity contribution in [3.8, 4) is 0 Å². The molecule has 66 valence electrons. The molecule has 0 radical (unpaired) electrons. The Hall–Kier alpha value is -0.530. The van der Waals surface area contributed by atoms with Crippen LogP contribution >= 0.6 is 0 Å². The van der Waals surface area contributed by atoms with E-state index >= 15 is 0 Å². The van der Waals surface area contributed by atoms with Gasteiger partial charge in [-0.05, 0) is 37.0 Å². The monoisotopic (exact) mass is 165 g/mol. The molecule has 3 rings (SSSR count). The van der Waals surface area contributed by atoms with Gasteiger partial charge in [-0.3, -0.25) is 4.79 Å². The molecule has 1 aliphatic heterocycles. The van der Waals surface area contributed by atoms with E-state index < -0.39 is 0 Å². The van der Waals surface area contributed by atoms with Crippen LogP contribution in [0.4, 0.5) is 0 Å². The van der Waals surface area contributed by atoms with Crippen molar-refractivity contribution in [3.05, 3.63) is 0 Å². The van der Waals surface area contributed by atoms with E-state index in [2.05, 4.69) is 12.2 Å². The fraction of sp³-hybridized carbons (Fsp3) is 0.900. The number of fused-ring (bicyclic) bond motifs is 5. The quantitative estimate of drug-likeness (QED) is 0.573. The third-order valence-corrected chi connectivity index (χ3v) is 4.63. The number of hydrogen-bond donors (Lipinski definition) is 1. The highest BCUT2D eigenvalue weighted by Crippen LogP contribution is 2.61. The largest absolute Gasteiger partial charge is 0.355 e. The highest BCUT2D eigenvalue weighted by molar-refractivity contribution is 5.86. The van der Waals surface area contributed by atoms with Crippen LogP contribution in [0.5, 0.6) is 0 Å². The van der Waals surface area contributed by atoms with Crippen molar-refractivity contribution in [1.29, 1.82) is 0 Å². The summed E-state index contributed by atoms with van der Waals surface area (Å²) >= 11 is 0. The molecule has 2 aliphatic carbocycles. The van der Waals surface area contributed by atoms with Crippen molar-refractivity contribution >= 4 is 5.91 Å². The third-order valence-electron chi connectivity index (χ3n) is 4.63. The molecule has 2 nitrogen and oxygen atoms in total. The second-order valence-electron chi connectivity index (χ2n) is 4.87. The maximum atomic E-state index is 11.7. The highest BCUT2D eigenvalue weighted by atomic mass is 16.2. The number of nitrogens with one attached hydrogen (secondary N) is 1. The summed E-state index contributed by atoms with van der Waals surface area (Å²) in [6, 6.07) is 0. The zero-order valence-corrected chi connectivity index (χ0v) is 7.47. The summed E-state index contributed by atoms with van der Waals surface area (Å²) in [6.07, 6.45) is 4.00. The van der Waals surface area contributed by atoms with Gasteiger partial charge in [-0.25, -0.2) is 0 Å². The fourth-order valence-corrected chi connectivity index (χ4v) is 3.84. The number of amides is 1. The van der Waals surface area contributed by atoms with Gasteiger partial charge in [-0.1, -0.05) is 6.92 Å². The Balaban J connectivity index is 2.06. The summed E-state index contributed by atoms with van der Waals surface area (Å²) < 4.78 is 0. The van der Waals surface area contributed by atoms with Gasteiger partial charge in [0.1, 0.15) is 0 Å².